The summed E-state index contributed by atoms with van der Waals surface area (Å²) in [6, 6.07) is 15.2. The number of benzene rings is 2. The predicted octanol–water partition coefficient (Wildman–Crippen LogP) is 3.71. The van der Waals surface area contributed by atoms with E-state index in [4.69, 9.17) is 4.74 Å². The van der Waals surface area contributed by atoms with Gasteiger partial charge < -0.3 is 15.0 Å². The molecule has 0 spiro atoms. The van der Waals surface area contributed by atoms with E-state index in [9.17, 15) is 9.59 Å². The fourth-order valence-electron chi connectivity index (χ4n) is 3.34. The van der Waals surface area contributed by atoms with Crippen molar-refractivity contribution in [2.75, 3.05) is 30.0 Å². The first-order chi connectivity index (χ1) is 13.7. The summed E-state index contributed by atoms with van der Waals surface area (Å²) >= 11 is 3.92. The summed E-state index contributed by atoms with van der Waals surface area (Å²) < 4.78 is 6.23. The second-order valence-corrected chi connectivity index (χ2v) is 9.38. The summed E-state index contributed by atoms with van der Waals surface area (Å²) in [5.74, 6) is 2.55. The van der Waals surface area contributed by atoms with Gasteiger partial charge in [0, 0.05) is 12.6 Å². The highest BCUT2D eigenvalue weighted by atomic mass is 32.2. The second-order valence-electron chi connectivity index (χ2n) is 6.65. The minimum Gasteiger partial charge on any atom is -0.477 e. The van der Waals surface area contributed by atoms with Crippen molar-refractivity contribution in [2.24, 2.45) is 0 Å². The molecule has 2 aromatic rings. The molecule has 146 valence electrons. The van der Waals surface area contributed by atoms with Crippen LogP contribution in [0.3, 0.4) is 0 Å². The van der Waals surface area contributed by atoms with Crippen molar-refractivity contribution in [1.82, 2.24) is 5.32 Å². The van der Waals surface area contributed by atoms with Gasteiger partial charge in [-0.2, -0.15) is 0 Å². The zero-order valence-electron chi connectivity index (χ0n) is 15.6. The van der Waals surface area contributed by atoms with Gasteiger partial charge in [0.1, 0.15) is 5.75 Å². The van der Waals surface area contributed by atoms with Crippen molar-refractivity contribution in [3.63, 3.8) is 0 Å². The Hall–Kier alpha value is -2.12. The second kappa shape index (κ2) is 8.49. The molecule has 2 aliphatic heterocycles. The molecular formula is C21H22N2O3S2. The third-order valence-electron chi connectivity index (χ3n) is 4.81. The van der Waals surface area contributed by atoms with Crippen LogP contribution in [0.25, 0.3) is 0 Å². The Labute approximate surface area is 173 Å². The van der Waals surface area contributed by atoms with Gasteiger partial charge >= 0.3 is 0 Å². The van der Waals surface area contributed by atoms with Crippen LogP contribution in [-0.2, 0) is 4.79 Å². The maximum absolute atomic E-state index is 13.2. The van der Waals surface area contributed by atoms with Crippen molar-refractivity contribution >= 4 is 41.0 Å². The van der Waals surface area contributed by atoms with E-state index in [1.165, 1.54) is 23.5 Å². The average molecular weight is 415 g/mol. The Balaban J connectivity index is 1.58. The minimum atomic E-state index is -0.724. The van der Waals surface area contributed by atoms with Crippen LogP contribution in [0.15, 0.2) is 48.5 Å². The van der Waals surface area contributed by atoms with Crippen molar-refractivity contribution in [3.05, 3.63) is 59.7 Å². The molecule has 0 radical (unpaired) electrons. The lowest BCUT2D eigenvalue weighted by atomic mass is 10.1. The van der Waals surface area contributed by atoms with E-state index in [-0.39, 0.29) is 18.4 Å². The van der Waals surface area contributed by atoms with Gasteiger partial charge in [-0.3, -0.25) is 9.59 Å². The topological polar surface area (TPSA) is 58.6 Å². The van der Waals surface area contributed by atoms with Crippen LogP contribution >= 0.6 is 23.5 Å². The summed E-state index contributed by atoms with van der Waals surface area (Å²) in [5.41, 5.74) is 2.55. The van der Waals surface area contributed by atoms with Crippen LogP contribution in [0.4, 0.5) is 5.69 Å². The molecule has 1 saturated heterocycles. The molecule has 7 heteroatoms. The lowest BCUT2D eigenvalue weighted by Crippen LogP contribution is -2.50. The molecule has 0 aromatic heterocycles. The summed E-state index contributed by atoms with van der Waals surface area (Å²) in [5, 5.41) is 2.60. The Bertz CT molecular complexity index is 866. The van der Waals surface area contributed by atoms with Crippen LogP contribution in [0.2, 0.25) is 0 Å². The van der Waals surface area contributed by atoms with E-state index in [2.05, 4.69) is 5.32 Å². The molecule has 2 heterocycles. The van der Waals surface area contributed by atoms with E-state index in [1.807, 2.05) is 66.0 Å². The summed E-state index contributed by atoms with van der Waals surface area (Å²) in [6.07, 6.45) is 0.531. The third kappa shape index (κ3) is 3.86. The SMILES string of the molecule is CNC(=O)[C@@H]1CN(C(=O)c2ccc(C3SCCCS3)cc2)c2ccccc2O1. The van der Waals surface area contributed by atoms with Crippen molar-refractivity contribution < 1.29 is 14.3 Å². The molecule has 0 aliphatic carbocycles. The molecule has 5 nitrogen and oxygen atoms in total. The standard InChI is InChI=1S/C21H22N2O3S2/c1-22-19(24)18-13-23(16-5-2-3-6-17(16)26-18)20(25)14-7-9-15(10-8-14)21-27-11-4-12-28-21/h2-3,5-10,18,21H,4,11-13H2,1H3,(H,22,24)/t18-/m0/s1. The van der Waals surface area contributed by atoms with Crippen LogP contribution in [0, 0.1) is 0 Å². The van der Waals surface area contributed by atoms with Crippen LogP contribution in [0.1, 0.15) is 26.9 Å². The number of likely N-dealkylation sites (N-methyl/N-ethyl adjacent to an activating group) is 1. The van der Waals surface area contributed by atoms with Gasteiger partial charge in [-0.1, -0.05) is 24.3 Å². The summed E-state index contributed by atoms with van der Waals surface area (Å²) in [4.78, 5) is 27.0. The van der Waals surface area contributed by atoms with E-state index >= 15 is 0 Å². The van der Waals surface area contributed by atoms with Gasteiger partial charge in [0.2, 0.25) is 0 Å². The predicted molar refractivity (Wildman–Crippen MR) is 115 cm³/mol. The highest BCUT2D eigenvalue weighted by Gasteiger charge is 2.33. The normalized spacial score (nSPS) is 19.5. The minimum absolute atomic E-state index is 0.125. The highest BCUT2D eigenvalue weighted by Crippen LogP contribution is 2.43. The Kier molecular flexibility index (Phi) is 5.82. The smallest absolute Gasteiger partial charge is 0.262 e. The largest absolute Gasteiger partial charge is 0.477 e. The Morgan fingerprint density at radius 2 is 1.79 bits per heavy atom. The monoisotopic (exact) mass is 414 g/mol. The number of para-hydroxylation sites is 2. The average Bonchev–Trinajstić information content (AvgIpc) is 2.78. The molecule has 0 unspecified atom stereocenters. The van der Waals surface area contributed by atoms with Crippen LogP contribution < -0.4 is 15.0 Å². The molecule has 1 fully saturated rings. The van der Waals surface area contributed by atoms with Gasteiger partial charge in [-0.25, -0.2) is 0 Å². The zero-order valence-corrected chi connectivity index (χ0v) is 17.2. The number of nitrogens with one attached hydrogen (secondary N) is 1. The fourth-order valence-corrected chi connectivity index (χ4v) is 6.24. The van der Waals surface area contributed by atoms with Crippen LogP contribution in [0.5, 0.6) is 5.75 Å². The van der Waals surface area contributed by atoms with E-state index < -0.39 is 6.10 Å². The van der Waals surface area contributed by atoms with Crippen LogP contribution in [-0.4, -0.2) is 43.0 Å². The van der Waals surface area contributed by atoms with Gasteiger partial charge in [-0.05, 0) is 47.8 Å². The first-order valence-corrected chi connectivity index (χ1v) is 11.4. The lowest BCUT2D eigenvalue weighted by molar-refractivity contribution is -0.127. The number of hydrogen-bond acceptors (Lipinski definition) is 5. The zero-order chi connectivity index (χ0) is 19.5. The van der Waals surface area contributed by atoms with Crippen molar-refractivity contribution in [2.45, 2.75) is 17.1 Å². The molecule has 2 aromatic carbocycles. The van der Waals surface area contributed by atoms with Gasteiger partial charge in [0.05, 0.1) is 16.8 Å². The molecular weight excluding hydrogens is 392 g/mol. The van der Waals surface area contributed by atoms with E-state index in [0.717, 1.165) is 0 Å². The van der Waals surface area contributed by atoms with Crippen molar-refractivity contribution in [1.29, 1.82) is 0 Å². The molecule has 1 atom stereocenters. The third-order valence-corrected chi connectivity index (χ3v) is 7.83. The first kappa shape index (κ1) is 19.2. The van der Waals surface area contributed by atoms with E-state index in [1.54, 1.807) is 18.0 Å². The highest BCUT2D eigenvalue weighted by molar-refractivity contribution is 8.16. The van der Waals surface area contributed by atoms with E-state index in [0.29, 0.717) is 21.6 Å². The molecule has 4 rings (SSSR count). The number of amides is 2. The number of fused-ring (bicyclic) bond motifs is 1. The maximum Gasteiger partial charge on any atom is 0.262 e. The molecule has 2 aliphatic rings. The molecule has 28 heavy (non-hydrogen) atoms. The number of anilines is 1. The number of carbonyl (C=O) groups is 2. The first-order valence-electron chi connectivity index (χ1n) is 9.29. The number of ether oxygens (including phenoxy) is 1. The number of rotatable bonds is 3. The maximum atomic E-state index is 13.2. The van der Waals surface area contributed by atoms with Gasteiger partial charge in [-0.15, -0.1) is 23.5 Å². The fraction of sp³-hybridized carbons (Fsp3) is 0.333. The number of nitrogens with zero attached hydrogens (tertiary/aromatic N) is 1. The molecule has 0 bridgehead atoms. The Morgan fingerprint density at radius 3 is 2.50 bits per heavy atom. The lowest BCUT2D eigenvalue weighted by Gasteiger charge is -2.34. The number of carbonyl (C=O) groups excluding carboxylic acids is 2. The van der Waals surface area contributed by atoms with Crippen molar-refractivity contribution in [3.8, 4) is 5.75 Å². The molecule has 0 saturated carbocycles. The van der Waals surface area contributed by atoms with Gasteiger partial charge in [0.15, 0.2) is 6.10 Å². The Morgan fingerprint density at radius 1 is 1.07 bits per heavy atom. The molecule has 1 N–H and O–H groups in total. The van der Waals surface area contributed by atoms with Gasteiger partial charge in [0.25, 0.3) is 11.8 Å². The quantitative estimate of drug-likeness (QED) is 0.830. The summed E-state index contributed by atoms with van der Waals surface area (Å²) in [7, 11) is 1.57. The number of hydrogen-bond donors (Lipinski definition) is 1. The summed E-state index contributed by atoms with van der Waals surface area (Å²) in [6.45, 7) is 0.186. The number of thioether (sulfide) groups is 2. The molecule has 2 amide bonds.